The topological polar surface area (TPSA) is 89.8 Å². The maximum absolute atomic E-state index is 13.0. The first kappa shape index (κ1) is 25.6. The number of anilines is 2. The molecule has 0 aliphatic rings. The molecule has 0 aliphatic carbocycles. The molecule has 3 aromatic carbocycles. The Kier molecular flexibility index (Phi) is 7.34. The Morgan fingerprint density at radius 2 is 1.62 bits per heavy atom. The fourth-order valence-electron chi connectivity index (χ4n) is 4.39. The molecule has 4 rings (SSSR count). The summed E-state index contributed by atoms with van der Waals surface area (Å²) >= 11 is 0. The molecular formula is C30H30N2O5. The minimum absolute atomic E-state index is 0.208. The zero-order chi connectivity index (χ0) is 26.7. The summed E-state index contributed by atoms with van der Waals surface area (Å²) in [7, 11) is 3.10. The van der Waals surface area contributed by atoms with Crippen molar-refractivity contribution < 1.29 is 23.5 Å². The van der Waals surface area contributed by atoms with Crippen molar-refractivity contribution in [2.75, 3.05) is 24.9 Å². The number of benzene rings is 3. The third-order valence-electron chi connectivity index (χ3n) is 6.12. The summed E-state index contributed by atoms with van der Waals surface area (Å²) < 4.78 is 16.9. The van der Waals surface area contributed by atoms with Crippen molar-refractivity contribution in [3.05, 3.63) is 77.6 Å². The monoisotopic (exact) mass is 498 g/mol. The fourth-order valence-corrected chi connectivity index (χ4v) is 4.39. The summed E-state index contributed by atoms with van der Waals surface area (Å²) in [5.74, 6) is 0.518. The summed E-state index contributed by atoms with van der Waals surface area (Å²) in [5, 5.41) is 6.48. The second-order valence-electron chi connectivity index (χ2n) is 8.93. The highest BCUT2D eigenvalue weighted by Gasteiger charge is 2.16. The average Bonchev–Trinajstić information content (AvgIpc) is 3.25. The van der Waals surface area contributed by atoms with Gasteiger partial charge in [-0.2, -0.15) is 0 Å². The molecule has 7 heteroatoms. The zero-order valence-corrected chi connectivity index (χ0v) is 21.8. The summed E-state index contributed by atoms with van der Waals surface area (Å²) in [4.78, 5) is 24.4. The number of hydrogen-bond acceptors (Lipinski definition) is 5. The van der Waals surface area contributed by atoms with Crippen molar-refractivity contribution in [3.63, 3.8) is 0 Å². The molecule has 2 N–H and O–H groups in total. The first-order valence-corrected chi connectivity index (χ1v) is 11.8. The number of carbonyl (C=O) groups excluding carboxylic acids is 2. The van der Waals surface area contributed by atoms with Crippen LogP contribution in [0.1, 0.15) is 30.5 Å². The second-order valence-corrected chi connectivity index (χ2v) is 8.93. The highest BCUT2D eigenvalue weighted by Crippen LogP contribution is 2.38. The van der Waals surface area contributed by atoms with Crippen molar-refractivity contribution in [1.29, 1.82) is 0 Å². The quantitative estimate of drug-likeness (QED) is 0.276. The molecule has 0 unspecified atom stereocenters. The zero-order valence-electron chi connectivity index (χ0n) is 21.8. The smallest absolute Gasteiger partial charge is 0.248 e. The predicted molar refractivity (Wildman–Crippen MR) is 147 cm³/mol. The number of hydrogen-bond donors (Lipinski definition) is 2. The van der Waals surface area contributed by atoms with Gasteiger partial charge in [0.25, 0.3) is 0 Å². The van der Waals surface area contributed by atoms with E-state index >= 15 is 0 Å². The SMILES string of the molecule is COc1ccc(NC(C)=O)cc1NC(=O)/C=C(\C)c1cc2c(-c3ccc(C)cc3C)coc2cc1OC. The van der Waals surface area contributed by atoms with Crippen LogP contribution < -0.4 is 20.1 Å². The molecule has 0 fully saturated rings. The second kappa shape index (κ2) is 10.6. The Hall–Kier alpha value is -4.52. The van der Waals surface area contributed by atoms with Crippen LogP contribution in [0, 0.1) is 13.8 Å². The Morgan fingerprint density at radius 3 is 2.30 bits per heavy atom. The van der Waals surface area contributed by atoms with Crippen molar-refractivity contribution in [2.45, 2.75) is 27.7 Å². The predicted octanol–water partition coefficient (Wildman–Crippen LogP) is 6.73. The minimum Gasteiger partial charge on any atom is -0.496 e. The average molecular weight is 499 g/mol. The molecule has 0 radical (unpaired) electrons. The summed E-state index contributed by atoms with van der Waals surface area (Å²) in [6.07, 6.45) is 3.26. The van der Waals surface area contributed by atoms with Gasteiger partial charge in [0.2, 0.25) is 11.8 Å². The third-order valence-corrected chi connectivity index (χ3v) is 6.12. The molecule has 1 aromatic heterocycles. The van der Waals surface area contributed by atoms with Gasteiger partial charge in [-0.05, 0) is 61.7 Å². The molecule has 1 heterocycles. The molecule has 2 amide bonds. The van der Waals surface area contributed by atoms with E-state index in [1.165, 1.54) is 25.7 Å². The van der Waals surface area contributed by atoms with E-state index in [1.54, 1.807) is 31.6 Å². The number of furan rings is 1. The lowest BCUT2D eigenvalue weighted by atomic mass is 9.96. The number of carbonyl (C=O) groups is 2. The van der Waals surface area contributed by atoms with E-state index in [-0.39, 0.29) is 11.8 Å². The van der Waals surface area contributed by atoms with Crippen LogP contribution >= 0.6 is 0 Å². The van der Waals surface area contributed by atoms with E-state index in [4.69, 9.17) is 13.9 Å². The van der Waals surface area contributed by atoms with Gasteiger partial charge in [-0.15, -0.1) is 0 Å². The largest absolute Gasteiger partial charge is 0.496 e. The number of amides is 2. The molecule has 0 saturated heterocycles. The standard InChI is InChI=1S/C30H30N2O5/c1-17-7-9-22(18(2)11-17)25-16-37-29-15-28(36-6)23(14-24(25)29)19(3)12-30(34)32-26-13-21(31-20(4)33)8-10-27(26)35-5/h7-16H,1-6H3,(H,31,33)(H,32,34)/b19-12+. The highest BCUT2D eigenvalue weighted by molar-refractivity contribution is 6.06. The van der Waals surface area contributed by atoms with Gasteiger partial charge >= 0.3 is 0 Å². The van der Waals surface area contributed by atoms with Gasteiger partial charge in [-0.25, -0.2) is 0 Å². The number of aryl methyl sites for hydroxylation is 2. The minimum atomic E-state index is -0.347. The van der Waals surface area contributed by atoms with Crippen LogP contribution in [0.5, 0.6) is 11.5 Å². The van der Waals surface area contributed by atoms with Gasteiger partial charge in [-0.1, -0.05) is 23.8 Å². The number of ether oxygens (including phenoxy) is 2. The summed E-state index contributed by atoms with van der Waals surface area (Å²) in [5.41, 5.74) is 7.60. The molecule has 37 heavy (non-hydrogen) atoms. The normalized spacial score (nSPS) is 11.4. The molecule has 0 atom stereocenters. The number of methoxy groups -OCH3 is 2. The van der Waals surface area contributed by atoms with Gasteiger partial charge in [0, 0.05) is 41.3 Å². The van der Waals surface area contributed by atoms with Gasteiger partial charge in [0.05, 0.1) is 26.2 Å². The first-order chi connectivity index (χ1) is 17.7. The Balaban J connectivity index is 1.70. The van der Waals surface area contributed by atoms with E-state index < -0.39 is 0 Å². The Bertz CT molecular complexity index is 1530. The summed E-state index contributed by atoms with van der Waals surface area (Å²) in [6, 6.07) is 15.2. The van der Waals surface area contributed by atoms with Gasteiger partial charge in [-0.3, -0.25) is 9.59 Å². The molecular weight excluding hydrogens is 468 g/mol. The maximum atomic E-state index is 13.0. The van der Waals surface area contributed by atoms with Gasteiger partial charge < -0.3 is 24.5 Å². The Labute approximate surface area is 216 Å². The first-order valence-electron chi connectivity index (χ1n) is 11.8. The van der Waals surface area contributed by atoms with Crippen LogP contribution in [0.25, 0.3) is 27.7 Å². The van der Waals surface area contributed by atoms with Crippen molar-refractivity contribution >= 4 is 39.7 Å². The third kappa shape index (κ3) is 5.51. The maximum Gasteiger partial charge on any atom is 0.248 e. The van der Waals surface area contributed by atoms with Crippen molar-refractivity contribution in [1.82, 2.24) is 0 Å². The van der Waals surface area contributed by atoms with Crippen LogP contribution in [0.3, 0.4) is 0 Å². The fraction of sp³-hybridized carbons (Fsp3) is 0.200. The van der Waals surface area contributed by atoms with Crippen molar-refractivity contribution in [2.24, 2.45) is 0 Å². The molecule has 0 bridgehead atoms. The van der Waals surface area contributed by atoms with E-state index in [1.807, 2.05) is 19.1 Å². The molecule has 7 nitrogen and oxygen atoms in total. The van der Waals surface area contributed by atoms with Crippen molar-refractivity contribution in [3.8, 4) is 22.6 Å². The van der Waals surface area contributed by atoms with Crippen LogP contribution in [0.4, 0.5) is 11.4 Å². The van der Waals surface area contributed by atoms with Crippen LogP contribution in [-0.2, 0) is 9.59 Å². The highest BCUT2D eigenvalue weighted by atomic mass is 16.5. The molecule has 4 aromatic rings. The van der Waals surface area contributed by atoms with E-state index in [2.05, 4.69) is 42.7 Å². The number of fused-ring (bicyclic) bond motifs is 1. The van der Waals surface area contributed by atoms with Gasteiger partial charge in [0.15, 0.2) is 0 Å². The lowest BCUT2D eigenvalue weighted by molar-refractivity contribution is -0.114. The molecule has 0 aliphatic heterocycles. The molecule has 190 valence electrons. The van der Waals surface area contributed by atoms with Gasteiger partial charge in [0.1, 0.15) is 17.1 Å². The Morgan fingerprint density at radius 1 is 0.865 bits per heavy atom. The number of nitrogens with one attached hydrogen (secondary N) is 2. The van der Waals surface area contributed by atoms with E-state index in [0.29, 0.717) is 34.0 Å². The molecule has 0 saturated carbocycles. The number of rotatable bonds is 7. The van der Waals surface area contributed by atoms with Crippen LogP contribution in [0.2, 0.25) is 0 Å². The van der Waals surface area contributed by atoms with Crippen LogP contribution in [-0.4, -0.2) is 26.0 Å². The lowest BCUT2D eigenvalue weighted by Crippen LogP contribution is -2.11. The lowest BCUT2D eigenvalue weighted by Gasteiger charge is -2.13. The van der Waals surface area contributed by atoms with E-state index in [9.17, 15) is 9.59 Å². The molecule has 0 spiro atoms. The van der Waals surface area contributed by atoms with E-state index in [0.717, 1.165) is 27.6 Å². The summed E-state index contributed by atoms with van der Waals surface area (Å²) in [6.45, 7) is 7.42. The number of allylic oxidation sites excluding steroid dienone is 1. The van der Waals surface area contributed by atoms with Crippen LogP contribution in [0.15, 0.2) is 65.3 Å².